The Kier molecular flexibility index (Phi) is 2.96. The fourth-order valence-corrected chi connectivity index (χ4v) is 1.76. The summed E-state index contributed by atoms with van der Waals surface area (Å²) in [4.78, 5) is 32.2. The Morgan fingerprint density at radius 2 is 2.25 bits per heavy atom. The molecule has 1 aromatic carbocycles. The lowest BCUT2D eigenvalue weighted by atomic mass is 10.2. The van der Waals surface area contributed by atoms with Gasteiger partial charge in [0.15, 0.2) is 5.65 Å². The quantitative estimate of drug-likeness (QED) is 0.754. The Labute approximate surface area is 113 Å². The van der Waals surface area contributed by atoms with Crippen LogP contribution in [0.25, 0.3) is 5.65 Å². The Hall–Kier alpha value is -3.02. The van der Waals surface area contributed by atoms with Gasteiger partial charge < -0.3 is 5.32 Å². The average Bonchev–Trinajstić information content (AvgIpc) is 2.49. The largest absolute Gasteiger partial charge is 0.322 e. The molecule has 0 aliphatic heterocycles. The molecular weight excluding hydrogens is 256 g/mol. The SMILES string of the molecule is O=C(Nc1c[c]ccc1)c1cnc2cnccn2c1=O. The molecule has 20 heavy (non-hydrogen) atoms. The van der Waals surface area contributed by atoms with Crippen LogP contribution in [0.1, 0.15) is 10.4 Å². The zero-order valence-corrected chi connectivity index (χ0v) is 10.3. The minimum absolute atomic E-state index is 0.0300. The van der Waals surface area contributed by atoms with E-state index in [9.17, 15) is 9.59 Å². The van der Waals surface area contributed by atoms with Crippen LogP contribution in [0.5, 0.6) is 0 Å². The summed E-state index contributed by atoms with van der Waals surface area (Å²) in [6, 6.07) is 9.63. The van der Waals surface area contributed by atoms with E-state index in [-0.39, 0.29) is 5.56 Å². The number of fused-ring (bicyclic) bond motifs is 1. The van der Waals surface area contributed by atoms with Crippen molar-refractivity contribution in [1.82, 2.24) is 14.4 Å². The first-order chi connectivity index (χ1) is 9.75. The zero-order valence-electron chi connectivity index (χ0n) is 10.3. The molecule has 0 aliphatic rings. The number of hydrogen-bond acceptors (Lipinski definition) is 4. The number of nitrogens with zero attached hydrogens (tertiary/aromatic N) is 3. The van der Waals surface area contributed by atoms with Gasteiger partial charge in [-0.15, -0.1) is 0 Å². The van der Waals surface area contributed by atoms with Gasteiger partial charge in [0.25, 0.3) is 11.5 Å². The van der Waals surface area contributed by atoms with Gasteiger partial charge in [0.2, 0.25) is 0 Å². The first-order valence-corrected chi connectivity index (χ1v) is 5.84. The smallest absolute Gasteiger partial charge is 0.270 e. The number of rotatable bonds is 2. The van der Waals surface area contributed by atoms with Gasteiger partial charge in [-0.3, -0.25) is 19.0 Å². The number of nitrogens with one attached hydrogen (secondary N) is 1. The summed E-state index contributed by atoms with van der Waals surface area (Å²) in [5, 5.41) is 2.62. The van der Waals surface area contributed by atoms with Crippen molar-refractivity contribution < 1.29 is 4.79 Å². The van der Waals surface area contributed by atoms with Crippen LogP contribution in [0.3, 0.4) is 0 Å². The maximum absolute atomic E-state index is 12.2. The van der Waals surface area contributed by atoms with Crippen molar-refractivity contribution >= 4 is 17.2 Å². The highest BCUT2D eigenvalue weighted by Gasteiger charge is 2.13. The van der Waals surface area contributed by atoms with Crippen molar-refractivity contribution in [2.75, 3.05) is 5.32 Å². The third-order valence-corrected chi connectivity index (χ3v) is 2.72. The fraction of sp³-hybridized carbons (Fsp3) is 0. The maximum atomic E-state index is 12.2. The summed E-state index contributed by atoms with van der Waals surface area (Å²) >= 11 is 0. The zero-order chi connectivity index (χ0) is 13.9. The lowest BCUT2D eigenvalue weighted by molar-refractivity contribution is 0.102. The van der Waals surface area contributed by atoms with Crippen molar-refractivity contribution in [3.8, 4) is 0 Å². The molecule has 6 nitrogen and oxygen atoms in total. The highest BCUT2D eigenvalue weighted by atomic mass is 16.2. The van der Waals surface area contributed by atoms with Crippen LogP contribution in [-0.4, -0.2) is 20.3 Å². The van der Waals surface area contributed by atoms with Crippen molar-refractivity contribution in [3.05, 3.63) is 71.0 Å². The number of aromatic nitrogens is 3. The summed E-state index contributed by atoms with van der Waals surface area (Å²) in [5.41, 5.74) is 0.492. The molecule has 0 spiro atoms. The molecule has 0 bridgehead atoms. The van der Waals surface area contributed by atoms with E-state index in [0.717, 1.165) is 0 Å². The van der Waals surface area contributed by atoms with Crippen LogP contribution in [-0.2, 0) is 0 Å². The standard InChI is InChI=1S/C14H9N4O2/c19-13(17-10-4-2-1-3-5-10)11-8-16-12-9-15-6-7-18(12)14(11)20/h1-2,4-9H,(H,17,19). The second-order valence-corrected chi connectivity index (χ2v) is 4.03. The van der Waals surface area contributed by atoms with E-state index in [4.69, 9.17) is 0 Å². The molecule has 0 aliphatic carbocycles. The van der Waals surface area contributed by atoms with Gasteiger partial charge in [0, 0.05) is 24.3 Å². The van der Waals surface area contributed by atoms with Crippen LogP contribution in [0.15, 0.2) is 53.8 Å². The molecule has 3 rings (SSSR count). The van der Waals surface area contributed by atoms with E-state index < -0.39 is 11.5 Å². The highest BCUT2D eigenvalue weighted by molar-refractivity contribution is 6.03. The van der Waals surface area contributed by atoms with E-state index in [1.165, 1.54) is 29.2 Å². The van der Waals surface area contributed by atoms with Crippen molar-refractivity contribution in [3.63, 3.8) is 0 Å². The third-order valence-electron chi connectivity index (χ3n) is 2.72. The Bertz CT molecular complexity index is 827. The maximum Gasteiger partial charge on any atom is 0.270 e. The van der Waals surface area contributed by atoms with Crippen LogP contribution >= 0.6 is 0 Å². The minimum atomic E-state index is -0.506. The number of carbonyl (C=O) groups is 1. The molecule has 0 fully saturated rings. The summed E-state index contributed by atoms with van der Waals surface area (Å²) < 4.78 is 1.28. The number of carbonyl (C=O) groups excluding carboxylic acids is 1. The number of hydrogen-bond donors (Lipinski definition) is 1. The van der Waals surface area contributed by atoms with Gasteiger partial charge in [-0.2, -0.15) is 0 Å². The van der Waals surface area contributed by atoms with Gasteiger partial charge >= 0.3 is 0 Å². The minimum Gasteiger partial charge on any atom is -0.322 e. The lowest BCUT2D eigenvalue weighted by Crippen LogP contribution is -2.26. The van der Waals surface area contributed by atoms with Gasteiger partial charge in [0.05, 0.1) is 6.20 Å². The summed E-state index contributed by atoms with van der Waals surface area (Å²) in [6.07, 6.45) is 5.64. The molecule has 0 atom stereocenters. The lowest BCUT2D eigenvalue weighted by Gasteiger charge is -2.05. The number of benzene rings is 1. The molecule has 3 aromatic rings. The molecule has 97 valence electrons. The molecule has 0 saturated heterocycles. The van der Waals surface area contributed by atoms with Crippen molar-refractivity contribution in [2.24, 2.45) is 0 Å². The second-order valence-electron chi connectivity index (χ2n) is 4.03. The van der Waals surface area contributed by atoms with Crippen molar-refractivity contribution in [2.45, 2.75) is 0 Å². The molecule has 2 heterocycles. The van der Waals surface area contributed by atoms with Crippen LogP contribution in [0, 0.1) is 6.07 Å². The first-order valence-electron chi connectivity index (χ1n) is 5.84. The molecule has 0 unspecified atom stereocenters. The van der Waals surface area contributed by atoms with E-state index >= 15 is 0 Å². The summed E-state index contributed by atoms with van der Waals surface area (Å²) in [7, 11) is 0. The van der Waals surface area contributed by atoms with Crippen LogP contribution in [0.2, 0.25) is 0 Å². The van der Waals surface area contributed by atoms with E-state index in [2.05, 4.69) is 21.4 Å². The summed E-state index contributed by atoms with van der Waals surface area (Å²) in [6.45, 7) is 0. The predicted octanol–water partition coefficient (Wildman–Crippen LogP) is 1.14. The van der Waals surface area contributed by atoms with Gasteiger partial charge in [-0.25, -0.2) is 4.98 Å². The molecule has 0 saturated carbocycles. The van der Waals surface area contributed by atoms with Gasteiger partial charge in [0.1, 0.15) is 5.56 Å². The van der Waals surface area contributed by atoms with Crippen molar-refractivity contribution in [1.29, 1.82) is 0 Å². The number of anilines is 1. The van der Waals surface area contributed by atoms with E-state index in [1.54, 1.807) is 24.3 Å². The molecule has 1 radical (unpaired) electrons. The fourth-order valence-electron chi connectivity index (χ4n) is 1.76. The average molecular weight is 265 g/mol. The monoisotopic (exact) mass is 265 g/mol. The first kappa shape index (κ1) is 12.0. The molecular formula is C14H9N4O2. The number of amides is 1. The third kappa shape index (κ3) is 2.14. The van der Waals surface area contributed by atoms with E-state index in [1.807, 2.05) is 0 Å². The highest BCUT2D eigenvalue weighted by Crippen LogP contribution is 2.06. The Morgan fingerprint density at radius 3 is 3.05 bits per heavy atom. The topological polar surface area (TPSA) is 76.4 Å². The van der Waals surface area contributed by atoms with Gasteiger partial charge in [-0.1, -0.05) is 12.1 Å². The second kappa shape index (κ2) is 4.93. The molecule has 6 heteroatoms. The van der Waals surface area contributed by atoms with E-state index in [0.29, 0.717) is 11.3 Å². The molecule has 2 aromatic heterocycles. The molecule has 1 amide bonds. The predicted molar refractivity (Wildman–Crippen MR) is 72.5 cm³/mol. The van der Waals surface area contributed by atoms with Crippen LogP contribution in [0.4, 0.5) is 5.69 Å². The van der Waals surface area contributed by atoms with Crippen LogP contribution < -0.4 is 10.9 Å². The summed E-state index contributed by atoms with van der Waals surface area (Å²) in [5.74, 6) is -0.506. The molecule has 1 N–H and O–H groups in total. The normalized spacial score (nSPS) is 10.4. The Balaban J connectivity index is 2.00. The van der Waals surface area contributed by atoms with Gasteiger partial charge in [-0.05, 0) is 18.2 Å². The Morgan fingerprint density at radius 1 is 1.35 bits per heavy atom.